The van der Waals surface area contributed by atoms with Gasteiger partial charge in [-0.05, 0) is 37.6 Å². The summed E-state index contributed by atoms with van der Waals surface area (Å²) in [5, 5.41) is 17.0. The topological polar surface area (TPSA) is 220 Å². The zero-order valence-electron chi connectivity index (χ0n) is 19.9. The number of carboxylic acid groups (broad SMARTS) is 1. The Hall–Kier alpha value is -2.73. The van der Waals surface area contributed by atoms with E-state index in [1.807, 2.05) is 6.92 Å². The van der Waals surface area contributed by atoms with Gasteiger partial charge in [0.15, 0.2) is 0 Å². The first-order valence-corrected chi connectivity index (χ1v) is 11.2. The maximum Gasteiger partial charge on any atom is 0.326 e. The molecule has 0 aliphatic rings. The average molecular weight is 473 g/mol. The number of unbranched alkanes of at least 4 members (excludes halogenated alkanes) is 1. The third-order valence-electron chi connectivity index (χ3n) is 5.36. The minimum absolute atomic E-state index is 0.233. The van der Waals surface area contributed by atoms with Crippen molar-refractivity contribution in [1.29, 1.82) is 0 Å². The van der Waals surface area contributed by atoms with Crippen LogP contribution in [0.1, 0.15) is 59.8 Å². The Balaban J connectivity index is 5.56. The molecule has 0 bridgehead atoms. The zero-order chi connectivity index (χ0) is 25.7. The summed E-state index contributed by atoms with van der Waals surface area (Å²) in [6.07, 6.45) is 1.51. The number of amides is 4. The lowest BCUT2D eigenvalue weighted by Crippen LogP contribution is -2.59. The SMILES string of the molecule is CC[C@H](C)[C@H](NC(=O)[C@H](CCCCN)NC(=O)[C@@H](N)CC(N)=O)C(=O)N[C@H](C(=O)O)C(C)C. The quantitative estimate of drug-likeness (QED) is 0.131. The summed E-state index contributed by atoms with van der Waals surface area (Å²) in [7, 11) is 0. The molecule has 0 heterocycles. The predicted octanol–water partition coefficient (Wildman–Crippen LogP) is -1.44. The molecule has 33 heavy (non-hydrogen) atoms. The first-order chi connectivity index (χ1) is 15.3. The van der Waals surface area contributed by atoms with Crippen LogP contribution in [0.2, 0.25) is 0 Å². The summed E-state index contributed by atoms with van der Waals surface area (Å²) in [6.45, 7) is 7.30. The maximum absolute atomic E-state index is 13.0. The Morgan fingerprint density at radius 1 is 0.879 bits per heavy atom. The fraction of sp³-hybridized carbons (Fsp3) is 0.762. The number of carbonyl (C=O) groups excluding carboxylic acids is 4. The van der Waals surface area contributed by atoms with E-state index in [1.54, 1.807) is 20.8 Å². The van der Waals surface area contributed by atoms with E-state index in [1.165, 1.54) is 0 Å². The van der Waals surface area contributed by atoms with Crippen molar-refractivity contribution in [3.8, 4) is 0 Å². The molecule has 0 aliphatic heterocycles. The van der Waals surface area contributed by atoms with Crippen LogP contribution in [0.25, 0.3) is 0 Å². The highest BCUT2D eigenvalue weighted by atomic mass is 16.4. The highest BCUT2D eigenvalue weighted by Crippen LogP contribution is 2.12. The molecule has 5 atom stereocenters. The molecule has 0 radical (unpaired) electrons. The lowest BCUT2D eigenvalue weighted by atomic mass is 9.96. The van der Waals surface area contributed by atoms with Gasteiger partial charge in [-0.25, -0.2) is 4.79 Å². The van der Waals surface area contributed by atoms with Gasteiger partial charge in [0, 0.05) is 0 Å². The van der Waals surface area contributed by atoms with Crippen molar-refractivity contribution in [2.75, 3.05) is 6.54 Å². The molecule has 10 N–H and O–H groups in total. The molecule has 0 aliphatic carbocycles. The fourth-order valence-electron chi connectivity index (χ4n) is 3.06. The number of hydrogen-bond acceptors (Lipinski definition) is 7. The Morgan fingerprint density at radius 2 is 1.45 bits per heavy atom. The Labute approximate surface area is 194 Å². The van der Waals surface area contributed by atoms with Crippen LogP contribution in [0, 0.1) is 11.8 Å². The molecule has 4 amide bonds. The van der Waals surface area contributed by atoms with Crippen molar-refractivity contribution in [2.45, 2.75) is 84.0 Å². The largest absolute Gasteiger partial charge is 0.480 e. The normalized spacial score (nSPS) is 15.6. The second kappa shape index (κ2) is 15.2. The average Bonchev–Trinajstić information content (AvgIpc) is 2.73. The van der Waals surface area contributed by atoms with E-state index in [4.69, 9.17) is 17.2 Å². The van der Waals surface area contributed by atoms with Gasteiger partial charge in [-0.15, -0.1) is 0 Å². The van der Waals surface area contributed by atoms with E-state index in [-0.39, 0.29) is 24.7 Å². The van der Waals surface area contributed by atoms with Gasteiger partial charge in [-0.1, -0.05) is 34.1 Å². The standard InChI is InChI=1S/C21H40N6O6/c1-5-12(4)17(20(31)26-16(11(2)3)21(32)33)27-19(30)14(8-6-7-9-22)25-18(29)13(23)10-15(24)28/h11-14,16-17H,5-10,22-23H2,1-4H3,(H2,24,28)(H,25,29)(H,26,31)(H,27,30)(H,32,33)/t12-,13-,14-,16-,17-/m0/s1. The zero-order valence-corrected chi connectivity index (χ0v) is 19.9. The van der Waals surface area contributed by atoms with Crippen LogP contribution in [0.15, 0.2) is 0 Å². The van der Waals surface area contributed by atoms with E-state index in [2.05, 4.69) is 16.0 Å². The summed E-state index contributed by atoms with van der Waals surface area (Å²) in [5.41, 5.74) is 16.2. The molecule has 0 aromatic carbocycles. The van der Waals surface area contributed by atoms with Gasteiger partial charge in [-0.3, -0.25) is 19.2 Å². The minimum Gasteiger partial charge on any atom is -0.480 e. The smallest absolute Gasteiger partial charge is 0.326 e. The Kier molecular flexibility index (Phi) is 13.9. The molecule has 0 unspecified atom stereocenters. The van der Waals surface area contributed by atoms with Crippen LogP contribution >= 0.6 is 0 Å². The lowest BCUT2D eigenvalue weighted by molar-refractivity contribution is -0.144. The van der Waals surface area contributed by atoms with Crippen molar-refractivity contribution in [2.24, 2.45) is 29.0 Å². The van der Waals surface area contributed by atoms with Crippen LogP contribution in [-0.2, 0) is 24.0 Å². The van der Waals surface area contributed by atoms with E-state index < -0.39 is 53.8 Å². The summed E-state index contributed by atoms with van der Waals surface area (Å²) < 4.78 is 0. The van der Waals surface area contributed by atoms with Crippen molar-refractivity contribution in [1.82, 2.24) is 16.0 Å². The van der Waals surface area contributed by atoms with E-state index in [0.717, 1.165) is 0 Å². The van der Waals surface area contributed by atoms with Crippen molar-refractivity contribution in [3.05, 3.63) is 0 Å². The fourth-order valence-corrected chi connectivity index (χ4v) is 3.06. The molecule has 0 aromatic heterocycles. The van der Waals surface area contributed by atoms with Gasteiger partial charge in [0.2, 0.25) is 23.6 Å². The summed E-state index contributed by atoms with van der Waals surface area (Å²) in [6, 6.07) is -4.38. The van der Waals surface area contributed by atoms with Gasteiger partial charge in [0.05, 0.1) is 12.5 Å². The Bertz CT molecular complexity index is 686. The highest BCUT2D eigenvalue weighted by molar-refractivity contribution is 5.95. The molecular weight excluding hydrogens is 432 g/mol. The van der Waals surface area contributed by atoms with Crippen LogP contribution < -0.4 is 33.2 Å². The van der Waals surface area contributed by atoms with E-state index >= 15 is 0 Å². The molecule has 0 rings (SSSR count). The first kappa shape index (κ1) is 30.3. The molecule has 12 heteroatoms. The molecule has 12 nitrogen and oxygen atoms in total. The first-order valence-electron chi connectivity index (χ1n) is 11.2. The summed E-state index contributed by atoms with van der Waals surface area (Å²) in [4.78, 5) is 60.7. The number of carbonyl (C=O) groups is 5. The number of aliphatic carboxylic acids is 1. The van der Waals surface area contributed by atoms with Gasteiger partial charge in [0.25, 0.3) is 0 Å². The molecule has 0 spiro atoms. The molecular formula is C21H40N6O6. The number of nitrogens with one attached hydrogen (secondary N) is 3. The van der Waals surface area contributed by atoms with Gasteiger partial charge in [0.1, 0.15) is 18.1 Å². The molecule has 0 fully saturated rings. The van der Waals surface area contributed by atoms with Crippen LogP contribution in [-0.4, -0.2) is 65.4 Å². The monoisotopic (exact) mass is 472 g/mol. The number of hydrogen-bond donors (Lipinski definition) is 7. The molecule has 0 saturated carbocycles. The minimum atomic E-state index is -1.22. The van der Waals surface area contributed by atoms with Gasteiger partial charge < -0.3 is 38.3 Å². The van der Waals surface area contributed by atoms with Crippen LogP contribution in [0.3, 0.4) is 0 Å². The van der Waals surface area contributed by atoms with Crippen molar-refractivity contribution in [3.63, 3.8) is 0 Å². The number of primary amides is 1. The van der Waals surface area contributed by atoms with Gasteiger partial charge >= 0.3 is 5.97 Å². The third-order valence-corrected chi connectivity index (χ3v) is 5.36. The van der Waals surface area contributed by atoms with Crippen LogP contribution in [0.5, 0.6) is 0 Å². The number of rotatable bonds is 16. The van der Waals surface area contributed by atoms with E-state index in [9.17, 15) is 29.1 Å². The predicted molar refractivity (Wildman–Crippen MR) is 122 cm³/mol. The van der Waals surface area contributed by atoms with Crippen LogP contribution in [0.4, 0.5) is 0 Å². The van der Waals surface area contributed by atoms with Crippen molar-refractivity contribution >= 4 is 29.6 Å². The summed E-state index contributed by atoms with van der Waals surface area (Å²) in [5.74, 6) is -4.59. The summed E-state index contributed by atoms with van der Waals surface area (Å²) >= 11 is 0. The molecule has 190 valence electrons. The number of carboxylic acids is 1. The third kappa shape index (κ3) is 11.1. The second-order valence-corrected chi connectivity index (χ2v) is 8.56. The molecule has 0 saturated heterocycles. The second-order valence-electron chi connectivity index (χ2n) is 8.56. The Morgan fingerprint density at radius 3 is 1.91 bits per heavy atom. The van der Waals surface area contributed by atoms with E-state index in [0.29, 0.717) is 25.8 Å². The van der Waals surface area contributed by atoms with Gasteiger partial charge in [-0.2, -0.15) is 0 Å². The molecule has 0 aromatic rings. The lowest BCUT2D eigenvalue weighted by Gasteiger charge is -2.28. The maximum atomic E-state index is 13.0. The van der Waals surface area contributed by atoms with Crippen molar-refractivity contribution < 1.29 is 29.1 Å². The highest BCUT2D eigenvalue weighted by Gasteiger charge is 2.33. The number of nitrogens with two attached hydrogens (primary N) is 3.